The zero-order valence-electron chi connectivity index (χ0n) is 19.5. The van der Waals surface area contributed by atoms with Crippen molar-refractivity contribution in [2.75, 3.05) is 4.31 Å². The van der Waals surface area contributed by atoms with Gasteiger partial charge in [0.15, 0.2) is 5.78 Å². The van der Waals surface area contributed by atoms with Crippen molar-refractivity contribution in [1.82, 2.24) is 0 Å². The molecule has 0 aromatic heterocycles. The van der Waals surface area contributed by atoms with Gasteiger partial charge in [0, 0.05) is 18.4 Å². The fourth-order valence-electron chi connectivity index (χ4n) is 5.28. The number of carbonyl (C=O) groups is 2. The summed E-state index contributed by atoms with van der Waals surface area (Å²) in [7, 11) is -4.38. The lowest BCUT2D eigenvalue weighted by Gasteiger charge is -2.41. The number of aryl methyl sites for hydroxylation is 1. The van der Waals surface area contributed by atoms with E-state index in [1.807, 2.05) is 26.8 Å². The van der Waals surface area contributed by atoms with Gasteiger partial charge in [0.25, 0.3) is 15.9 Å². The van der Waals surface area contributed by atoms with Crippen LogP contribution in [0.2, 0.25) is 0 Å². The molecule has 0 saturated carbocycles. The number of benzene rings is 2. The van der Waals surface area contributed by atoms with Gasteiger partial charge >= 0.3 is 0 Å². The van der Waals surface area contributed by atoms with Crippen molar-refractivity contribution >= 4 is 27.4 Å². The molecule has 3 aliphatic rings. The van der Waals surface area contributed by atoms with Crippen molar-refractivity contribution in [2.24, 2.45) is 11.1 Å². The molecule has 35 heavy (non-hydrogen) atoms. The standard InChI is InChI=1S/C26H23N3O5S/c1-15-8-10-16(11-9-15)35(32,33)29-19-7-5-4-6-17(19)26(24(29)31)18(14-27)23(28)34-21-13-25(2,3)12-20(30)22(21)26/h4-11H,12-13,28H2,1-3H3. The van der Waals surface area contributed by atoms with Gasteiger partial charge in [-0.15, -0.1) is 0 Å². The summed E-state index contributed by atoms with van der Waals surface area (Å²) < 4.78 is 34.1. The van der Waals surface area contributed by atoms with Crippen LogP contribution in [0.25, 0.3) is 0 Å². The van der Waals surface area contributed by atoms with Gasteiger partial charge in [-0.3, -0.25) is 9.59 Å². The molecule has 2 aromatic carbocycles. The number of para-hydroxylation sites is 1. The average molecular weight is 490 g/mol. The summed E-state index contributed by atoms with van der Waals surface area (Å²) in [6, 6.07) is 14.3. The number of sulfonamides is 1. The fraction of sp³-hybridized carbons (Fsp3) is 0.269. The van der Waals surface area contributed by atoms with Crippen LogP contribution >= 0.6 is 0 Å². The summed E-state index contributed by atoms with van der Waals surface area (Å²) in [5.74, 6) is -1.44. The number of fused-ring (bicyclic) bond motifs is 3. The van der Waals surface area contributed by atoms with Crippen LogP contribution in [0.3, 0.4) is 0 Å². The molecule has 5 rings (SSSR count). The molecule has 0 saturated heterocycles. The number of allylic oxidation sites excluding steroid dienone is 1. The SMILES string of the molecule is Cc1ccc(S(=O)(=O)N2C(=O)C3(C(C#N)=C(N)OC4=C3C(=O)CC(C)(C)C4)c3ccccc32)cc1. The van der Waals surface area contributed by atoms with Crippen LogP contribution in [-0.4, -0.2) is 20.1 Å². The molecule has 2 aliphatic heterocycles. The van der Waals surface area contributed by atoms with Gasteiger partial charge in [0.2, 0.25) is 5.88 Å². The third-order valence-corrected chi connectivity index (χ3v) is 8.48. The van der Waals surface area contributed by atoms with Crippen molar-refractivity contribution < 1.29 is 22.7 Å². The van der Waals surface area contributed by atoms with Crippen molar-refractivity contribution in [2.45, 2.75) is 43.9 Å². The molecular weight excluding hydrogens is 466 g/mol. The first-order valence-corrected chi connectivity index (χ1v) is 12.5. The average Bonchev–Trinajstić information content (AvgIpc) is 3.02. The number of nitriles is 1. The van der Waals surface area contributed by atoms with Crippen LogP contribution < -0.4 is 10.0 Å². The third kappa shape index (κ3) is 2.99. The number of amides is 1. The Morgan fingerprint density at radius 1 is 1.06 bits per heavy atom. The van der Waals surface area contributed by atoms with Gasteiger partial charge in [-0.2, -0.15) is 5.26 Å². The minimum Gasteiger partial charge on any atom is -0.444 e. The van der Waals surface area contributed by atoms with E-state index in [9.17, 15) is 23.3 Å². The number of Topliss-reactive ketones (excluding diaryl/α,β-unsaturated/α-hetero) is 1. The molecule has 9 heteroatoms. The number of nitrogens with two attached hydrogens (primary N) is 1. The summed E-state index contributed by atoms with van der Waals surface area (Å²) in [5, 5.41) is 10.1. The highest BCUT2D eigenvalue weighted by molar-refractivity contribution is 7.93. The Labute approximate surface area is 203 Å². The van der Waals surface area contributed by atoms with Crippen LogP contribution in [0.1, 0.15) is 37.8 Å². The summed E-state index contributed by atoms with van der Waals surface area (Å²) in [4.78, 5) is 27.8. The van der Waals surface area contributed by atoms with E-state index in [0.717, 1.165) is 5.56 Å². The number of carbonyl (C=O) groups excluding carboxylic acids is 2. The molecule has 0 fully saturated rings. The summed E-state index contributed by atoms with van der Waals surface area (Å²) in [6.07, 6.45) is 0.408. The first-order chi connectivity index (χ1) is 16.4. The highest BCUT2D eigenvalue weighted by atomic mass is 32.2. The monoisotopic (exact) mass is 489 g/mol. The summed E-state index contributed by atoms with van der Waals surface area (Å²) >= 11 is 0. The second-order valence-electron chi connectivity index (χ2n) is 9.85. The van der Waals surface area contributed by atoms with Crippen molar-refractivity contribution in [3.8, 4) is 6.07 Å². The van der Waals surface area contributed by atoms with Crippen molar-refractivity contribution in [3.63, 3.8) is 0 Å². The topological polar surface area (TPSA) is 131 Å². The largest absolute Gasteiger partial charge is 0.444 e. The van der Waals surface area contributed by atoms with Gasteiger partial charge in [-0.1, -0.05) is 49.7 Å². The number of ketones is 1. The third-order valence-electron chi connectivity index (χ3n) is 6.77. The maximum atomic E-state index is 14.4. The Kier molecular flexibility index (Phi) is 4.77. The predicted octanol–water partition coefficient (Wildman–Crippen LogP) is 3.34. The van der Waals surface area contributed by atoms with E-state index >= 15 is 0 Å². The molecule has 0 bridgehead atoms. The zero-order chi connectivity index (χ0) is 25.3. The quantitative estimate of drug-likeness (QED) is 0.684. The Morgan fingerprint density at radius 3 is 2.37 bits per heavy atom. The normalized spacial score (nSPS) is 23.2. The first kappa shape index (κ1) is 22.9. The van der Waals surface area contributed by atoms with Gasteiger partial charge in [-0.05, 0) is 30.5 Å². The molecule has 1 atom stereocenters. The van der Waals surface area contributed by atoms with Crippen LogP contribution in [0.4, 0.5) is 5.69 Å². The first-order valence-electron chi connectivity index (χ1n) is 11.1. The second-order valence-corrected chi connectivity index (χ2v) is 11.6. The molecule has 0 radical (unpaired) electrons. The number of anilines is 1. The van der Waals surface area contributed by atoms with E-state index in [1.54, 1.807) is 30.3 Å². The zero-order valence-corrected chi connectivity index (χ0v) is 20.3. The Bertz CT molecular complexity index is 1530. The second kappa shape index (κ2) is 7.30. The summed E-state index contributed by atoms with van der Waals surface area (Å²) in [5.41, 5.74) is 4.53. The smallest absolute Gasteiger partial charge is 0.270 e. The fourth-order valence-corrected chi connectivity index (χ4v) is 6.75. The van der Waals surface area contributed by atoms with Gasteiger partial charge < -0.3 is 10.5 Å². The van der Waals surface area contributed by atoms with Crippen LogP contribution in [-0.2, 0) is 29.8 Å². The van der Waals surface area contributed by atoms with E-state index < -0.39 is 26.8 Å². The molecule has 1 aliphatic carbocycles. The number of nitrogens with zero attached hydrogens (tertiary/aromatic N) is 2. The van der Waals surface area contributed by atoms with Crippen LogP contribution in [0.15, 0.2) is 76.2 Å². The van der Waals surface area contributed by atoms with Crippen molar-refractivity contribution in [1.29, 1.82) is 5.26 Å². The molecule has 1 amide bonds. The molecule has 178 valence electrons. The predicted molar refractivity (Wildman–Crippen MR) is 127 cm³/mol. The van der Waals surface area contributed by atoms with Gasteiger partial charge in [0.1, 0.15) is 22.8 Å². The molecule has 8 nitrogen and oxygen atoms in total. The van der Waals surface area contributed by atoms with E-state index in [0.29, 0.717) is 10.7 Å². The van der Waals surface area contributed by atoms with E-state index in [2.05, 4.69) is 0 Å². The summed E-state index contributed by atoms with van der Waals surface area (Å²) in [6.45, 7) is 5.60. The van der Waals surface area contributed by atoms with Gasteiger partial charge in [0.05, 0.1) is 16.2 Å². The van der Waals surface area contributed by atoms with Crippen LogP contribution in [0.5, 0.6) is 0 Å². The molecule has 2 N–H and O–H groups in total. The maximum absolute atomic E-state index is 14.4. The van der Waals surface area contributed by atoms with Crippen LogP contribution in [0, 0.1) is 23.7 Å². The molecule has 1 spiro atoms. The maximum Gasteiger partial charge on any atom is 0.270 e. The minimum atomic E-state index is -4.38. The Morgan fingerprint density at radius 2 is 1.71 bits per heavy atom. The van der Waals surface area contributed by atoms with Gasteiger partial charge in [-0.25, -0.2) is 12.7 Å². The molecule has 1 unspecified atom stereocenters. The molecule has 2 aromatic rings. The number of hydrogen-bond acceptors (Lipinski definition) is 7. The van der Waals surface area contributed by atoms with E-state index in [-0.39, 0.29) is 51.1 Å². The highest BCUT2D eigenvalue weighted by Gasteiger charge is 2.65. The number of hydrogen-bond donors (Lipinski definition) is 1. The molecular formula is C26H23N3O5S. The Hall–Kier alpha value is -3.90. The van der Waals surface area contributed by atoms with Crippen molar-refractivity contribution in [3.05, 3.63) is 82.4 Å². The highest BCUT2D eigenvalue weighted by Crippen LogP contribution is 2.58. The number of rotatable bonds is 2. The lowest BCUT2D eigenvalue weighted by Crippen LogP contribution is -2.51. The van der Waals surface area contributed by atoms with E-state index in [4.69, 9.17) is 10.5 Å². The minimum absolute atomic E-state index is 0.0124. The Balaban J connectivity index is 1.84. The lowest BCUT2D eigenvalue weighted by atomic mass is 9.62. The van der Waals surface area contributed by atoms with E-state index in [1.165, 1.54) is 18.2 Å². The lowest BCUT2D eigenvalue weighted by molar-refractivity contribution is -0.125. The molecule has 2 heterocycles. The number of ether oxygens (including phenoxy) is 1.